The Kier molecular flexibility index (Phi) is 3.07. The molecule has 1 aromatic rings. The molecule has 0 aliphatic carbocycles. The van der Waals surface area contributed by atoms with Crippen molar-refractivity contribution in [3.05, 3.63) is 35.4 Å². The number of aryl methyl sites for hydroxylation is 1. The predicted octanol–water partition coefficient (Wildman–Crippen LogP) is 2.16. The van der Waals surface area contributed by atoms with E-state index in [0.29, 0.717) is 0 Å². The molecule has 13 heavy (non-hydrogen) atoms. The molecule has 2 heteroatoms. The molecule has 0 bridgehead atoms. The highest BCUT2D eigenvalue weighted by Crippen LogP contribution is 2.22. The normalized spacial score (nSPS) is 15.4. The Labute approximate surface area is 79.7 Å². The molecule has 0 saturated carbocycles. The highest BCUT2D eigenvalue weighted by molar-refractivity contribution is 5.25. The van der Waals surface area contributed by atoms with Crippen LogP contribution in [0.4, 0.5) is 0 Å². The molecule has 0 amide bonds. The van der Waals surface area contributed by atoms with Crippen molar-refractivity contribution in [1.29, 1.82) is 0 Å². The van der Waals surface area contributed by atoms with Crippen molar-refractivity contribution in [3.8, 4) is 0 Å². The molecule has 0 fully saturated rings. The number of ether oxygens (including phenoxy) is 1. The molecule has 0 aliphatic heterocycles. The summed E-state index contributed by atoms with van der Waals surface area (Å²) in [6.45, 7) is 4.07. The van der Waals surface area contributed by atoms with Gasteiger partial charge in [0, 0.05) is 7.11 Å². The summed E-state index contributed by atoms with van der Waals surface area (Å²) < 4.78 is 5.29. The first-order valence-electron chi connectivity index (χ1n) is 4.53. The van der Waals surface area contributed by atoms with E-state index in [1.165, 1.54) is 5.56 Å². The molecule has 0 radical (unpaired) electrons. The minimum absolute atomic E-state index is 0.631. The van der Waals surface area contributed by atoms with E-state index in [1.807, 2.05) is 31.2 Å². The molecule has 1 rings (SSSR count). The monoisotopic (exact) mass is 179 g/mol. The second-order valence-corrected chi connectivity index (χ2v) is 3.31. The highest BCUT2D eigenvalue weighted by Gasteiger charge is 2.23. The summed E-state index contributed by atoms with van der Waals surface area (Å²) in [6.07, 6.45) is 0.770. The summed E-state index contributed by atoms with van der Waals surface area (Å²) in [6, 6.07) is 8.13. The Morgan fingerprint density at radius 3 is 2.23 bits per heavy atom. The van der Waals surface area contributed by atoms with Gasteiger partial charge in [-0.05, 0) is 18.9 Å². The Bertz CT molecular complexity index is 262. The molecule has 72 valence electrons. The zero-order valence-electron chi connectivity index (χ0n) is 8.50. The van der Waals surface area contributed by atoms with Crippen LogP contribution in [0.25, 0.3) is 0 Å². The van der Waals surface area contributed by atoms with E-state index in [4.69, 9.17) is 10.5 Å². The fourth-order valence-corrected chi connectivity index (χ4v) is 1.30. The second-order valence-electron chi connectivity index (χ2n) is 3.31. The Morgan fingerprint density at radius 1 is 1.31 bits per heavy atom. The average molecular weight is 179 g/mol. The molecule has 2 N–H and O–H groups in total. The fraction of sp³-hybridized carbons (Fsp3) is 0.455. The number of benzene rings is 1. The molecule has 1 atom stereocenters. The van der Waals surface area contributed by atoms with Crippen molar-refractivity contribution < 1.29 is 4.74 Å². The molecule has 0 aromatic heterocycles. The minimum Gasteiger partial charge on any atom is -0.360 e. The number of hydrogen-bond acceptors (Lipinski definition) is 2. The van der Waals surface area contributed by atoms with Crippen LogP contribution in [0.2, 0.25) is 0 Å². The van der Waals surface area contributed by atoms with E-state index in [1.54, 1.807) is 7.11 Å². The molecule has 0 spiro atoms. The van der Waals surface area contributed by atoms with Gasteiger partial charge < -0.3 is 4.74 Å². The lowest BCUT2D eigenvalue weighted by Crippen LogP contribution is -2.37. The Hall–Kier alpha value is -0.860. The Morgan fingerprint density at radius 2 is 1.85 bits per heavy atom. The van der Waals surface area contributed by atoms with Gasteiger partial charge in [-0.2, -0.15) is 0 Å². The zero-order valence-corrected chi connectivity index (χ0v) is 8.50. The predicted molar refractivity (Wildman–Crippen MR) is 54.3 cm³/mol. The second kappa shape index (κ2) is 3.90. The maximum atomic E-state index is 6.05. The topological polar surface area (TPSA) is 35.2 Å². The first-order valence-corrected chi connectivity index (χ1v) is 4.53. The summed E-state index contributed by atoms with van der Waals surface area (Å²) in [5.41, 5.74) is 7.68. The smallest absolute Gasteiger partial charge is 0.142 e. The van der Waals surface area contributed by atoms with Gasteiger partial charge in [0.2, 0.25) is 0 Å². The van der Waals surface area contributed by atoms with E-state index in [-0.39, 0.29) is 0 Å². The van der Waals surface area contributed by atoms with Gasteiger partial charge in [-0.3, -0.25) is 5.73 Å². The van der Waals surface area contributed by atoms with Crippen LogP contribution in [0, 0.1) is 6.92 Å². The van der Waals surface area contributed by atoms with Crippen LogP contribution in [-0.4, -0.2) is 7.11 Å². The average Bonchev–Trinajstić information content (AvgIpc) is 2.18. The van der Waals surface area contributed by atoms with Crippen LogP contribution in [0.15, 0.2) is 24.3 Å². The van der Waals surface area contributed by atoms with Crippen molar-refractivity contribution >= 4 is 0 Å². The molecule has 1 unspecified atom stereocenters. The number of hydrogen-bond donors (Lipinski definition) is 1. The van der Waals surface area contributed by atoms with E-state index in [2.05, 4.69) is 6.92 Å². The lowest BCUT2D eigenvalue weighted by Gasteiger charge is -2.26. The quantitative estimate of drug-likeness (QED) is 0.722. The van der Waals surface area contributed by atoms with Crippen LogP contribution in [0.3, 0.4) is 0 Å². The van der Waals surface area contributed by atoms with Gasteiger partial charge in [-0.25, -0.2) is 0 Å². The molecule has 0 aliphatic rings. The molecule has 1 aromatic carbocycles. The van der Waals surface area contributed by atoms with E-state index < -0.39 is 5.72 Å². The highest BCUT2D eigenvalue weighted by atomic mass is 16.5. The first-order chi connectivity index (χ1) is 6.12. The number of nitrogens with two attached hydrogens (primary N) is 1. The molecule has 2 nitrogen and oxygen atoms in total. The van der Waals surface area contributed by atoms with Crippen molar-refractivity contribution in [2.75, 3.05) is 7.11 Å². The molecular formula is C11H17NO. The van der Waals surface area contributed by atoms with E-state index >= 15 is 0 Å². The summed E-state index contributed by atoms with van der Waals surface area (Å²) >= 11 is 0. The largest absolute Gasteiger partial charge is 0.360 e. The van der Waals surface area contributed by atoms with Crippen LogP contribution in [-0.2, 0) is 10.5 Å². The van der Waals surface area contributed by atoms with Crippen LogP contribution < -0.4 is 5.73 Å². The third-order valence-corrected chi connectivity index (χ3v) is 2.43. The number of rotatable bonds is 3. The third-order valence-electron chi connectivity index (χ3n) is 2.43. The third kappa shape index (κ3) is 2.08. The zero-order chi connectivity index (χ0) is 9.90. The lowest BCUT2D eigenvalue weighted by molar-refractivity contribution is -0.0129. The van der Waals surface area contributed by atoms with Crippen molar-refractivity contribution in [2.45, 2.75) is 26.0 Å². The summed E-state index contributed by atoms with van der Waals surface area (Å²) in [7, 11) is 1.64. The lowest BCUT2D eigenvalue weighted by atomic mass is 10.00. The summed E-state index contributed by atoms with van der Waals surface area (Å²) in [5.74, 6) is 0. The van der Waals surface area contributed by atoms with Gasteiger partial charge in [0.05, 0.1) is 0 Å². The summed E-state index contributed by atoms with van der Waals surface area (Å²) in [5, 5.41) is 0. The SMILES string of the molecule is CCC(N)(OC)c1ccc(C)cc1. The maximum Gasteiger partial charge on any atom is 0.142 e. The molecular weight excluding hydrogens is 162 g/mol. The van der Waals surface area contributed by atoms with Crippen molar-refractivity contribution in [1.82, 2.24) is 0 Å². The van der Waals surface area contributed by atoms with Gasteiger partial charge in [0.25, 0.3) is 0 Å². The van der Waals surface area contributed by atoms with Gasteiger partial charge in [-0.15, -0.1) is 0 Å². The van der Waals surface area contributed by atoms with Crippen LogP contribution in [0.1, 0.15) is 24.5 Å². The fourth-order valence-electron chi connectivity index (χ4n) is 1.30. The van der Waals surface area contributed by atoms with E-state index in [9.17, 15) is 0 Å². The van der Waals surface area contributed by atoms with Gasteiger partial charge in [-0.1, -0.05) is 36.8 Å². The van der Waals surface area contributed by atoms with E-state index in [0.717, 1.165) is 12.0 Å². The van der Waals surface area contributed by atoms with Crippen LogP contribution in [0.5, 0.6) is 0 Å². The van der Waals surface area contributed by atoms with Crippen molar-refractivity contribution in [2.24, 2.45) is 5.73 Å². The maximum absolute atomic E-state index is 6.05. The van der Waals surface area contributed by atoms with Gasteiger partial charge in [0.1, 0.15) is 5.72 Å². The number of methoxy groups -OCH3 is 1. The van der Waals surface area contributed by atoms with Gasteiger partial charge >= 0.3 is 0 Å². The van der Waals surface area contributed by atoms with Crippen LogP contribution >= 0.6 is 0 Å². The standard InChI is InChI=1S/C11H17NO/c1-4-11(12,13-3)10-7-5-9(2)6-8-10/h5-8H,4,12H2,1-3H3. The first kappa shape index (κ1) is 10.2. The van der Waals surface area contributed by atoms with Gasteiger partial charge in [0.15, 0.2) is 0 Å². The molecule has 0 saturated heterocycles. The molecule has 0 heterocycles. The minimum atomic E-state index is -0.631. The summed E-state index contributed by atoms with van der Waals surface area (Å²) in [4.78, 5) is 0. The Balaban J connectivity index is 2.99. The van der Waals surface area contributed by atoms with Crippen molar-refractivity contribution in [3.63, 3.8) is 0 Å².